The number of hydrogen-bond donors (Lipinski definition) is 1. The lowest BCUT2D eigenvalue weighted by Crippen LogP contribution is -2.08. The maximum atomic E-state index is 11.6. The topological polar surface area (TPSA) is 63.1 Å². The van der Waals surface area contributed by atoms with Crippen molar-refractivity contribution < 1.29 is 9.90 Å². The largest absolute Gasteiger partial charge is 0.476 e. The van der Waals surface area contributed by atoms with Crippen molar-refractivity contribution in [3.8, 4) is 0 Å². The fourth-order valence-corrected chi connectivity index (χ4v) is 4.31. The van der Waals surface area contributed by atoms with Gasteiger partial charge in [-0.1, -0.05) is 0 Å². The zero-order valence-electron chi connectivity index (χ0n) is 11.2. The molecule has 0 aromatic carbocycles. The van der Waals surface area contributed by atoms with Crippen molar-refractivity contribution in [2.45, 2.75) is 44.9 Å². The molecule has 1 saturated carbocycles. The molecule has 2 aromatic heterocycles. The Morgan fingerprint density at radius 2 is 2.05 bits per heavy atom. The minimum atomic E-state index is -0.916. The number of hydrogen-bond acceptors (Lipinski definition) is 4. The zero-order valence-corrected chi connectivity index (χ0v) is 12.0. The van der Waals surface area contributed by atoms with Gasteiger partial charge in [-0.3, -0.25) is 0 Å². The lowest BCUT2D eigenvalue weighted by Gasteiger charge is -2.11. The van der Waals surface area contributed by atoms with Crippen LogP contribution < -0.4 is 0 Å². The second-order valence-corrected chi connectivity index (χ2v) is 6.92. The van der Waals surface area contributed by atoms with Gasteiger partial charge in [0.15, 0.2) is 5.69 Å². The van der Waals surface area contributed by atoms with Crippen molar-refractivity contribution in [2.75, 3.05) is 0 Å². The monoisotopic (exact) mass is 288 g/mol. The van der Waals surface area contributed by atoms with Gasteiger partial charge in [-0.25, -0.2) is 14.8 Å². The number of carbonyl (C=O) groups is 1. The van der Waals surface area contributed by atoms with Crippen LogP contribution in [0.15, 0.2) is 0 Å². The van der Waals surface area contributed by atoms with Gasteiger partial charge in [0, 0.05) is 16.7 Å². The predicted molar refractivity (Wildman–Crippen MR) is 77.4 cm³/mol. The number of aromatic carboxylic acids is 1. The van der Waals surface area contributed by atoms with Gasteiger partial charge in [0.05, 0.1) is 0 Å². The molecule has 1 N–H and O–H groups in total. The highest BCUT2D eigenvalue weighted by Crippen LogP contribution is 2.38. The summed E-state index contributed by atoms with van der Waals surface area (Å²) in [6, 6.07) is 0. The van der Waals surface area contributed by atoms with Crippen molar-refractivity contribution in [1.82, 2.24) is 9.97 Å². The number of carboxylic acids is 1. The van der Waals surface area contributed by atoms with Crippen LogP contribution in [0, 0.1) is 5.92 Å². The Bertz CT molecular complexity index is 703. The lowest BCUT2D eigenvalue weighted by molar-refractivity contribution is 0.0692. The van der Waals surface area contributed by atoms with Gasteiger partial charge in [-0.15, -0.1) is 11.3 Å². The van der Waals surface area contributed by atoms with Crippen LogP contribution in [0.4, 0.5) is 0 Å². The highest BCUT2D eigenvalue weighted by atomic mass is 32.1. The van der Waals surface area contributed by atoms with E-state index >= 15 is 0 Å². The molecule has 0 bridgehead atoms. The molecule has 2 heterocycles. The van der Waals surface area contributed by atoms with Crippen molar-refractivity contribution in [1.29, 1.82) is 0 Å². The maximum Gasteiger partial charge on any atom is 0.355 e. The van der Waals surface area contributed by atoms with Gasteiger partial charge in [-0.2, -0.15) is 0 Å². The van der Waals surface area contributed by atoms with E-state index in [0.29, 0.717) is 5.92 Å². The lowest BCUT2D eigenvalue weighted by atomic mass is 9.96. The third-order valence-corrected chi connectivity index (χ3v) is 5.42. The molecule has 20 heavy (non-hydrogen) atoms. The van der Waals surface area contributed by atoms with E-state index in [1.807, 2.05) is 0 Å². The molecule has 1 fully saturated rings. The highest BCUT2D eigenvalue weighted by Gasteiger charge is 2.27. The van der Waals surface area contributed by atoms with E-state index < -0.39 is 5.97 Å². The van der Waals surface area contributed by atoms with E-state index in [1.54, 1.807) is 11.3 Å². The molecule has 0 aliphatic heterocycles. The van der Waals surface area contributed by atoms with E-state index in [4.69, 9.17) is 0 Å². The second-order valence-electron chi connectivity index (χ2n) is 5.83. The van der Waals surface area contributed by atoms with Gasteiger partial charge >= 0.3 is 5.97 Å². The first-order valence-corrected chi connectivity index (χ1v) is 8.08. The van der Waals surface area contributed by atoms with Crippen LogP contribution in [-0.4, -0.2) is 21.0 Å². The van der Waals surface area contributed by atoms with Crippen molar-refractivity contribution in [2.24, 2.45) is 5.92 Å². The molecule has 104 valence electrons. The van der Waals surface area contributed by atoms with Crippen molar-refractivity contribution in [3.05, 3.63) is 22.0 Å². The molecule has 2 aliphatic rings. The van der Waals surface area contributed by atoms with E-state index in [9.17, 15) is 9.90 Å². The fourth-order valence-electron chi connectivity index (χ4n) is 3.03. The predicted octanol–water partition coefficient (Wildman–Crippen LogP) is 3.22. The van der Waals surface area contributed by atoms with Gasteiger partial charge < -0.3 is 5.11 Å². The Balaban J connectivity index is 1.91. The second kappa shape index (κ2) is 4.52. The summed E-state index contributed by atoms with van der Waals surface area (Å²) in [6.45, 7) is 0. The van der Waals surface area contributed by atoms with Gasteiger partial charge in [0.2, 0.25) is 0 Å². The van der Waals surface area contributed by atoms with Crippen LogP contribution >= 0.6 is 11.3 Å². The molecule has 0 saturated heterocycles. The Hall–Kier alpha value is -1.49. The maximum absolute atomic E-state index is 11.6. The summed E-state index contributed by atoms with van der Waals surface area (Å²) >= 11 is 1.68. The molecule has 0 atom stereocenters. The summed E-state index contributed by atoms with van der Waals surface area (Å²) in [5.41, 5.74) is 1.43. The zero-order chi connectivity index (χ0) is 13.7. The smallest absolute Gasteiger partial charge is 0.355 e. The van der Waals surface area contributed by atoms with Crippen LogP contribution in [0.1, 0.15) is 52.4 Å². The molecule has 4 rings (SSSR count). The minimum Gasteiger partial charge on any atom is -0.476 e. The summed E-state index contributed by atoms with van der Waals surface area (Å²) in [5.74, 6) is 0.472. The summed E-state index contributed by atoms with van der Waals surface area (Å²) in [5, 5.41) is 10.3. The Morgan fingerprint density at radius 1 is 1.25 bits per heavy atom. The Labute approximate surface area is 120 Å². The first kappa shape index (κ1) is 12.3. The summed E-state index contributed by atoms with van der Waals surface area (Å²) in [4.78, 5) is 22.8. The van der Waals surface area contributed by atoms with Crippen LogP contribution in [0.5, 0.6) is 0 Å². The average molecular weight is 288 g/mol. The first-order valence-electron chi connectivity index (χ1n) is 7.27. The van der Waals surface area contributed by atoms with E-state index in [-0.39, 0.29) is 5.69 Å². The van der Waals surface area contributed by atoms with E-state index in [0.717, 1.165) is 41.7 Å². The summed E-state index contributed by atoms with van der Waals surface area (Å²) in [6.07, 6.45) is 7.66. The van der Waals surface area contributed by atoms with Crippen LogP contribution in [0.3, 0.4) is 0 Å². The number of thiophene rings is 1. The molecule has 2 aromatic rings. The van der Waals surface area contributed by atoms with Crippen LogP contribution in [0.2, 0.25) is 0 Å². The molecule has 4 nitrogen and oxygen atoms in total. The first-order chi connectivity index (χ1) is 9.72. The van der Waals surface area contributed by atoms with Crippen LogP contribution in [0.25, 0.3) is 10.2 Å². The average Bonchev–Trinajstić information content (AvgIpc) is 3.16. The molecule has 0 unspecified atom stereocenters. The third kappa shape index (κ3) is 2.00. The SMILES string of the molecule is O=C(O)c1nc(CC2CC2)nc2sc3c(c12)CCCC3. The number of fused-ring (bicyclic) bond motifs is 3. The quantitative estimate of drug-likeness (QED) is 0.942. The van der Waals surface area contributed by atoms with Crippen molar-refractivity contribution >= 4 is 27.5 Å². The van der Waals surface area contributed by atoms with E-state index in [2.05, 4.69) is 9.97 Å². The molecule has 2 aliphatic carbocycles. The standard InChI is InChI=1S/C15H16N2O2S/c18-15(19)13-12-9-3-1-2-4-10(9)20-14(12)17-11(16-13)7-8-5-6-8/h8H,1-7H2,(H,18,19). The van der Waals surface area contributed by atoms with E-state index in [1.165, 1.54) is 29.7 Å². The van der Waals surface area contributed by atoms with Gasteiger partial charge in [-0.05, 0) is 50.0 Å². The van der Waals surface area contributed by atoms with Gasteiger partial charge in [0.1, 0.15) is 10.7 Å². The number of nitrogens with zero attached hydrogens (tertiary/aromatic N) is 2. The van der Waals surface area contributed by atoms with Crippen LogP contribution in [-0.2, 0) is 19.3 Å². The molecule has 0 amide bonds. The third-order valence-electron chi connectivity index (χ3n) is 4.23. The highest BCUT2D eigenvalue weighted by molar-refractivity contribution is 7.18. The Morgan fingerprint density at radius 3 is 2.80 bits per heavy atom. The number of rotatable bonds is 3. The number of aryl methyl sites for hydroxylation is 2. The molecule has 0 spiro atoms. The fraction of sp³-hybridized carbons (Fsp3) is 0.533. The minimum absolute atomic E-state index is 0.227. The summed E-state index contributed by atoms with van der Waals surface area (Å²) < 4.78 is 0. The van der Waals surface area contributed by atoms with Crippen molar-refractivity contribution in [3.63, 3.8) is 0 Å². The number of aromatic nitrogens is 2. The summed E-state index contributed by atoms with van der Waals surface area (Å²) in [7, 11) is 0. The molecular formula is C15H16N2O2S. The number of carboxylic acid groups (broad SMARTS) is 1. The molecule has 0 radical (unpaired) electrons. The Kier molecular flexibility index (Phi) is 2.77. The molecule has 5 heteroatoms. The molecular weight excluding hydrogens is 272 g/mol. The van der Waals surface area contributed by atoms with Gasteiger partial charge in [0.25, 0.3) is 0 Å². The normalized spacial score (nSPS) is 18.2.